The molecule has 0 amide bonds. The van der Waals surface area contributed by atoms with Gasteiger partial charge in [0.2, 0.25) is 0 Å². The first kappa shape index (κ1) is 27.3. The van der Waals surface area contributed by atoms with Crippen LogP contribution in [0.1, 0.15) is 74.7 Å². The fraction of sp³-hybridized carbons (Fsp3) is 0.769. The first-order valence-corrected chi connectivity index (χ1v) is 12.0. The summed E-state index contributed by atoms with van der Waals surface area (Å²) in [6.07, 6.45) is -1.13. The maximum absolute atomic E-state index is 14.0. The number of carbonyl (C=O) groups is 4. The third-order valence-electron chi connectivity index (χ3n) is 8.57. The standard InChI is InChI=1S/C26H38O9/c1-10-23(7)13-17(30)26(31)24(8)18(32-14(2)27)11-12-22(5,6)20(24)19(33-15(3)28)21(34-16(4)29)25(26,9)35-23/h10,18-21,31H,1,11-13H2,2-9H3/t18-,19-,20?,21-,23-,24-,25+,26-/m0/s1. The van der Waals surface area contributed by atoms with Gasteiger partial charge in [0.05, 0.1) is 11.0 Å². The van der Waals surface area contributed by atoms with Crippen LogP contribution < -0.4 is 0 Å². The Hall–Kier alpha value is -2.26. The summed E-state index contributed by atoms with van der Waals surface area (Å²) in [4.78, 5) is 50.8. The van der Waals surface area contributed by atoms with E-state index < -0.39 is 75.6 Å². The molecule has 2 saturated carbocycles. The van der Waals surface area contributed by atoms with Crippen molar-refractivity contribution in [2.24, 2.45) is 16.7 Å². The first-order valence-electron chi connectivity index (χ1n) is 12.0. The SMILES string of the molecule is C=C[C@@]1(C)CC(=O)[C@@]2(O)[C@](C)(O1)[C@@H](OC(C)=O)[C@@H](OC(C)=O)C1C(C)(C)CC[C@H](OC(C)=O)[C@@]12C. The van der Waals surface area contributed by atoms with Gasteiger partial charge in [-0.05, 0) is 32.1 Å². The third kappa shape index (κ3) is 3.82. The van der Waals surface area contributed by atoms with E-state index in [1.807, 2.05) is 13.8 Å². The van der Waals surface area contributed by atoms with Crippen molar-refractivity contribution in [3.63, 3.8) is 0 Å². The van der Waals surface area contributed by atoms with E-state index in [0.717, 1.165) is 0 Å². The van der Waals surface area contributed by atoms with E-state index in [1.165, 1.54) is 33.8 Å². The highest BCUT2D eigenvalue weighted by Crippen LogP contribution is 2.68. The number of fused-ring (bicyclic) bond motifs is 3. The van der Waals surface area contributed by atoms with E-state index in [4.69, 9.17) is 18.9 Å². The van der Waals surface area contributed by atoms with E-state index in [0.29, 0.717) is 12.8 Å². The van der Waals surface area contributed by atoms with Crippen molar-refractivity contribution in [2.75, 3.05) is 0 Å². The molecule has 0 aromatic carbocycles. The van der Waals surface area contributed by atoms with Crippen LogP contribution in [0.2, 0.25) is 0 Å². The zero-order valence-electron chi connectivity index (χ0n) is 21.9. The normalized spacial score (nSPS) is 44.3. The fourth-order valence-corrected chi connectivity index (χ4v) is 7.29. The number of ketones is 1. The molecule has 0 radical (unpaired) electrons. The minimum atomic E-state index is -2.26. The Balaban J connectivity index is 2.42. The van der Waals surface area contributed by atoms with Crippen molar-refractivity contribution >= 4 is 23.7 Å². The van der Waals surface area contributed by atoms with Gasteiger partial charge in [-0.1, -0.05) is 26.8 Å². The van der Waals surface area contributed by atoms with E-state index >= 15 is 0 Å². The zero-order valence-corrected chi connectivity index (χ0v) is 21.9. The number of aliphatic hydroxyl groups is 1. The predicted molar refractivity (Wildman–Crippen MR) is 124 cm³/mol. The monoisotopic (exact) mass is 494 g/mol. The van der Waals surface area contributed by atoms with E-state index in [-0.39, 0.29) is 6.42 Å². The second kappa shape index (κ2) is 8.40. The summed E-state index contributed by atoms with van der Waals surface area (Å²) in [6.45, 7) is 16.2. The van der Waals surface area contributed by atoms with E-state index in [2.05, 4.69) is 6.58 Å². The number of Topliss-reactive ketones (excluding diaryl/α,β-unsaturated/α-hetero) is 1. The van der Waals surface area contributed by atoms with Gasteiger partial charge in [0.15, 0.2) is 17.5 Å². The molecule has 9 heteroatoms. The first-order chi connectivity index (χ1) is 15.9. The van der Waals surface area contributed by atoms with Gasteiger partial charge in [-0.15, -0.1) is 6.58 Å². The zero-order chi connectivity index (χ0) is 26.8. The topological polar surface area (TPSA) is 125 Å². The van der Waals surface area contributed by atoms with Crippen molar-refractivity contribution in [3.05, 3.63) is 12.7 Å². The van der Waals surface area contributed by atoms with Gasteiger partial charge >= 0.3 is 17.9 Å². The van der Waals surface area contributed by atoms with Crippen LogP contribution in [-0.2, 0) is 38.1 Å². The molecule has 8 atom stereocenters. The van der Waals surface area contributed by atoms with Gasteiger partial charge < -0.3 is 24.1 Å². The molecule has 0 spiro atoms. The number of hydrogen-bond acceptors (Lipinski definition) is 9. The summed E-state index contributed by atoms with van der Waals surface area (Å²) in [5, 5.41) is 12.6. The molecule has 1 N–H and O–H groups in total. The molecule has 196 valence electrons. The van der Waals surface area contributed by atoms with Crippen molar-refractivity contribution in [2.45, 2.75) is 110 Å². The molecule has 3 rings (SSSR count). The number of esters is 3. The smallest absolute Gasteiger partial charge is 0.303 e. The van der Waals surface area contributed by atoms with Crippen LogP contribution >= 0.6 is 0 Å². The largest absolute Gasteiger partial charge is 0.462 e. The molecule has 1 saturated heterocycles. The van der Waals surface area contributed by atoms with E-state index in [1.54, 1.807) is 13.8 Å². The Morgan fingerprint density at radius 2 is 1.54 bits per heavy atom. The van der Waals surface area contributed by atoms with Crippen molar-refractivity contribution in [1.29, 1.82) is 0 Å². The molecular weight excluding hydrogens is 456 g/mol. The summed E-state index contributed by atoms with van der Waals surface area (Å²) in [6, 6.07) is 0. The third-order valence-corrected chi connectivity index (χ3v) is 8.57. The van der Waals surface area contributed by atoms with Crippen LogP contribution in [0.4, 0.5) is 0 Å². The molecule has 0 aromatic heterocycles. The van der Waals surface area contributed by atoms with Crippen LogP contribution in [-0.4, -0.2) is 63.9 Å². The Labute approximate surface area is 206 Å². The molecule has 0 aromatic rings. The number of hydrogen-bond donors (Lipinski definition) is 1. The Bertz CT molecular complexity index is 956. The molecule has 3 fully saturated rings. The Morgan fingerprint density at radius 3 is 2.03 bits per heavy atom. The highest BCUT2D eigenvalue weighted by Gasteiger charge is 2.82. The molecule has 1 aliphatic heterocycles. The summed E-state index contributed by atoms with van der Waals surface area (Å²) < 4.78 is 23.8. The highest BCUT2D eigenvalue weighted by molar-refractivity contribution is 5.92. The summed E-state index contributed by atoms with van der Waals surface area (Å²) in [7, 11) is 0. The van der Waals surface area contributed by atoms with Crippen LogP contribution in [0, 0.1) is 16.7 Å². The van der Waals surface area contributed by atoms with Crippen LogP contribution in [0.3, 0.4) is 0 Å². The van der Waals surface area contributed by atoms with Crippen molar-refractivity contribution in [3.8, 4) is 0 Å². The minimum absolute atomic E-state index is 0.191. The van der Waals surface area contributed by atoms with Crippen LogP contribution in [0.25, 0.3) is 0 Å². The average molecular weight is 495 g/mol. The number of ether oxygens (including phenoxy) is 4. The number of rotatable bonds is 4. The lowest BCUT2D eigenvalue weighted by Gasteiger charge is -2.71. The summed E-state index contributed by atoms with van der Waals surface area (Å²) in [5.74, 6) is -3.16. The molecule has 2 aliphatic carbocycles. The lowest BCUT2D eigenvalue weighted by Crippen LogP contribution is -2.87. The van der Waals surface area contributed by atoms with Gasteiger partial charge in [-0.2, -0.15) is 0 Å². The molecular formula is C26H38O9. The molecule has 1 heterocycles. The number of carbonyl (C=O) groups excluding carboxylic acids is 4. The molecule has 1 unspecified atom stereocenters. The van der Waals surface area contributed by atoms with Gasteiger partial charge in [0.1, 0.15) is 17.8 Å². The van der Waals surface area contributed by atoms with Crippen molar-refractivity contribution in [1.82, 2.24) is 0 Å². The van der Waals surface area contributed by atoms with Gasteiger partial charge in [-0.25, -0.2) is 0 Å². The van der Waals surface area contributed by atoms with Crippen LogP contribution in [0.15, 0.2) is 12.7 Å². The molecule has 35 heavy (non-hydrogen) atoms. The van der Waals surface area contributed by atoms with Crippen LogP contribution in [0.5, 0.6) is 0 Å². The second-order valence-corrected chi connectivity index (χ2v) is 11.5. The molecule has 9 nitrogen and oxygen atoms in total. The summed E-state index contributed by atoms with van der Waals surface area (Å²) in [5.41, 5.74) is -7.39. The molecule has 0 bridgehead atoms. The van der Waals surface area contributed by atoms with Gasteiger partial charge in [0, 0.05) is 33.1 Å². The van der Waals surface area contributed by atoms with Gasteiger partial charge in [0.25, 0.3) is 0 Å². The average Bonchev–Trinajstić information content (AvgIpc) is 2.70. The predicted octanol–water partition coefficient (Wildman–Crippen LogP) is 2.66. The second-order valence-electron chi connectivity index (χ2n) is 11.5. The molecule has 3 aliphatic rings. The maximum Gasteiger partial charge on any atom is 0.303 e. The van der Waals surface area contributed by atoms with Gasteiger partial charge in [-0.3, -0.25) is 19.2 Å². The Morgan fingerprint density at radius 1 is 1.00 bits per heavy atom. The summed E-state index contributed by atoms with van der Waals surface area (Å²) >= 11 is 0. The highest BCUT2D eigenvalue weighted by atomic mass is 16.6. The van der Waals surface area contributed by atoms with Crippen molar-refractivity contribution < 1.29 is 43.2 Å². The lowest BCUT2D eigenvalue weighted by atomic mass is 9.39. The maximum atomic E-state index is 14.0. The lowest BCUT2D eigenvalue weighted by molar-refractivity contribution is -0.371. The quantitative estimate of drug-likeness (QED) is 0.357. The minimum Gasteiger partial charge on any atom is -0.462 e. The Kier molecular flexibility index (Phi) is 6.56. The fourth-order valence-electron chi connectivity index (χ4n) is 7.29. The van der Waals surface area contributed by atoms with E-state index in [9.17, 15) is 24.3 Å².